The molecular formula is C24H44N2O10SSi2. The van der Waals surface area contributed by atoms with Gasteiger partial charge in [0.15, 0.2) is 6.23 Å². The lowest BCUT2D eigenvalue weighted by atomic mass is 9.90. The molecule has 0 radical (unpaired) electrons. The molecule has 0 unspecified atom stereocenters. The van der Waals surface area contributed by atoms with Gasteiger partial charge in [0.25, 0.3) is 15.7 Å². The van der Waals surface area contributed by atoms with E-state index in [-0.39, 0.29) is 41.8 Å². The summed E-state index contributed by atoms with van der Waals surface area (Å²) in [6.07, 6.45) is -1.25. The third-order valence-corrected chi connectivity index (χ3v) is 18.6. The normalized spacial score (nSPS) is 29.1. The molecule has 3 heterocycles. The molecule has 2 saturated heterocycles. The predicted molar refractivity (Wildman–Crippen MR) is 149 cm³/mol. The number of H-pyrrole nitrogens is 1. The minimum absolute atomic E-state index is 0.0395. The smallest absolute Gasteiger partial charge is 0.335 e. The Kier molecular flexibility index (Phi) is 9.62. The van der Waals surface area contributed by atoms with Gasteiger partial charge < -0.3 is 22.8 Å². The molecule has 15 heteroatoms. The largest absolute Gasteiger partial charge is 0.414 e. The maximum atomic E-state index is 12.8. The van der Waals surface area contributed by atoms with E-state index < -0.39 is 62.5 Å². The highest BCUT2D eigenvalue weighted by Crippen LogP contribution is 2.51. The number of rotatable bonds is 9. The van der Waals surface area contributed by atoms with Crippen molar-refractivity contribution < 1.29 is 35.4 Å². The molecule has 0 aliphatic carbocycles. The van der Waals surface area contributed by atoms with E-state index in [1.807, 2.05) is 27.7 Å². The minimum Gasteiger partial charge on any atom is -0.414 e. The van der Waals surface area contributed by atoms with Gasteiger partial charge in [0.2, 0.25) is 0 Å². The SMILES string of the molecule is CC(C)[Si]1(C(C)C)OC[C@H]2O[C@@H](n3ccc(=O)[nH]c3=O)[C@](O)(CCOS(C)(=O)=O)[C@@H]2O[Si](C(C)C)(C(C)C)O1. The second-order valence-electron chi connectivity index (χ2n) is 11.8. The molecule has 0 bridgehead atoms. The molecule has 3 rings (SSSR count). The lowest BCUT2D eigenvalue weighted by molar-refractivity contribution is -0.118. The Bertz CT molecular complexity index is 1220. The Balaban J connectivity index is 2.20. The fourth-order valence-electron chi connectivity index (χ4n) is 5.79. The average molecular weight is 609 g/mol. The van der Waals surface area contributed by atoms with E-state index in [0.29, 0.717) is 0 Å². The van der Waals surface area contributed by atoms with Crippen molar-refractivity contribution in [2.24, 2.45) is 0 Å². The van der Waals surface area contributed by atoms with Gasteiger partial charge in [-0.25, -0.2) is 4.79 Å². The molecular weight excluding hydrogens is 565 g/mol. The van der Waals surface area contributed by atoms with Crippen LogP contribution in [0.5, 0.6) is 0 Å². The van der Waals surface area contributed by atoms with Crippen LogP contribution in [-0.4, -0.2) is 77.5 Å². The summed E-state index contributed by atoms with van der Waals surface area (Å²) in [5, 5.41) is 12.3. The third kappa shape index (κ3) is 6.21. The van der Waals surface area contributed by atoms with E-state index in [4.69, 9.17) is 21.9 Å². The van der Waals surface area contributed by atoms with Crippen molar-refractivity contribution in [3.63, 3.8) is 0 Å². The highest BCUT2D eigenvalue weighted by atomic mass is 32.2. The van der Waals surface area contributed by atoms with E-state index in [0.717, 1.165) is 16.9 Å². The predicted octanol–water partition coefficient (Wildman–Crippen LogP) is 2.49. The first-order chi connectivity index (χ1) is 17.9. The lowest BCUT2D eigenvalue weighted by Crippen LogP contribution is -2.67. The molecule has 12 nitrogen and oxygen atoms in total. The van der Waals surface area contributed by atoms with Crippen molar-refractivity contribution in [3.05, 3.63) is 33.1 Å². The van der Waals surface area contributed by atoms with Crippen LogP contribution in [0.1, 0.15) is 68.0 Å². The van der Waals surface area contributed by atoms with E-state index in [9.17, 15) is 23.1 Å². The number of hydrogen-bond donors (Lipinski definition) is 2. The highest BCUT2D eigenvalue weighted by Gasteiger charge is 2.65. The standard InChI is InChI=1S/C24H44N2O10SSi2/c1-15(2)38(16(3)4)33-14-19-21(35-39(36-38,17(5)6)18(7)8)24(29,11-13-32-37(9,30)31)22(34-19)26-12-10-20(27)25-23(26)28/h10,12,15-19,21-22,29H,11,13-14H2,1-9H3,(H,25,27,28)/t19-,21-,22-,24+/m1/s1. The molecule has 2 fully saturated rings. The lowest BCUT2D eigenvalue weighted by Gasteiger charge is -2.52. The van der Waals surface area contributed by atoms with Crippen molar-refractivity contribution in [3.8, 4) is 0 Å². The Labute approximate surface area is 232 Å². The first-order valence-electron chi connectivity index (χ1n) is 13.4. The van der Waals surface area contributed by atoms with Crippen molar-refractivity contribution in [2.45, 2.75) is 108 Å². The van der Waals surface area contributed by atoms with Gasteiger partial charge in [-0.05, 0) is 22.2 Å². The van der Waals surface area contributed by atoms with Gasteiger partial charge >= 0.3 is 22.8 Å². The van der Waals surface area contributed by atoms with Gasteiger partial charge in [0.05, 0.1) is 19.5 Å². The van der Waals surface area contributed by atoms with Crippen LogP contribution in [0, 0.1) is 0 Å². The van der Waals surface area contributed by atoms with Crippen LogP contribution < -0.4 is 11.2 Å². The second-order valence-corrected chi connectivity index (χ2v) is 22.3. The van der Waals surface area contributed by atoms with Gasteiger partial charge in [0.1, 0.15) is 17.8 Å². The molecule has 0 aromatic carbocycles. The second kappa shape index (κ2) is 11.6. The molecule has 2 N–H and O–H groups in total. The van der Waals surface area contributed by atoms with E-state index in [2.05, 4.69) is 32.7 Å². The topological polar surface area (TPSA) is 155 Å². The van der Waals surface area contributed by atoms with Crippen LogP contribution in [0.2, 0.25) is 22.2 Å². The fourth-order valence-corrected chi connectivity index (χ4v) is 17.4. The van der Waals surface area contributed by atoms with Crippen molar-refractivity contribution >= 4 is 27.2 Å². The summed E-state index contributed by atoms with van der Waals surface area (Å²) in [7, 11) is -9.90. The van der Waals surface area contributed by atoms with Gasteiger partial charge in [-0.15, -0.1) is 0 Å². The van der Waals surface area contributed by atoms with Crippen LogP contribution in [-0.2, 0) is 32.0 Å². The zero-order chi connectivity index (χ0) is 29.6. The molecule has 39 heavy (non-hydrogen) atoms. The zero-order valence-corrected chi connectivity index (χ0v) is 27.1. The molecule has 2 aliphatic heterocycles. The van der Waals surface area contributed by atoms with E-state index in [1.54, 1.807) is 0 Å². The van der Waals surface area contributed by atoms with Crippen LogP contribution in [0.3, 0.4) is 0 Å². The van der Waals surface area contributed by atoms with Crippen LogP contribution in [0.15, 0.2) is 21.9 Å². The number of aromatic amines is 1. The summed E-state index contributed by atoms with van der Waals surface area (Å²) in [6.45, 7) is 16.1. The van der Waals surface area contributed by atoms with Gasteiger partial charge in [-0.1, -0.05) is 55.4 Å². The van der Waals surface area contributed by atoms with Gasteiger partial charge in [0, 0.05) is 18.7 Å². The number of aromatic nitrogens is 2. The maximum absolute atomic E-state index is 12.8. The van der Waals surface area contributed by atoms with Crippen LogP contribution >= 0.6 is 0 Å². The van der Waals surface area contributed by atoms with Gasteiger partial charge in [-0.3, -0.25) is 18.5 Å². The quantitative estimate of drug-likeness (QED) is 0.315. The van der Waals surface area contributed by atoms with E-state index >= 15 is 0 Å². The third-order valence-electron chi connectivity index (χ3n) is 7.79. The summed E-state index contributed by atoms with van der Waals surface area (Å²) in [5.41, 5.74) is -3.24. The number of aliphatic hydroxyl groups is 1. The fraction of sp³-hybridized carbons (Fsp3) is 0.833. The van der Waals surface area contributed by atoms with Crippen molar-refractivity contribution in [2.75, 3.05) is 19.5 Å². The molecule has 4 atom stereocenters. The molecule has 2 aliphatic rings. The van der Waals surface area contributed by atoms with Crippen LogP contribution in [0.4, 0.5) is 0 Å². The van der Waals surface area contributed by atoms with Crippen molar-refractivity contribution in [1.29, 1.82) is 0 Å². The molecule has 1 aromatic heterocycles. The summed E-state index contributed by atoms with van der Waals surface area (Å²) < 4.78 is 56.7. The number of nitrogens with one attached hydrogen (secondary N) is 1. The first kappa shape index (κ1) is 32.3. The summed E-state index contributed by atoms with van der Waals surface area (Å²) in [6, 6.07) is 1.15. The van der Waals surface area contributed by atoms with Gasteiger partial charge in [-0.2, -0.15) is 8.42 Å². The molecule has 224 valence electrons. The highest BCUT2D eigenvalue weighted by molar-refractivity contribution is 7.85. The molecule has 1 aromatic rings. The van der Waals surface area contributed by atoms with E-state index in [1.165, 1.54) is 6.20 Å². The molecule has 0 saturated carbocycles. The molecule has 0 spiro atoms. The minimum atomic E-state index is -3.81. The Morgan fingerprint density at radius 1 is 1.08 bits per heavy atom. The Morgan fingerprint density at radius 2 is 1.64 bits per heavy atom. The Hall–Kier alpha value is -1.18. The zero-order valence-electron chi connectivity index (χ0n) is 24.3. The van der Waals surface area contributed by atoms with Crippen molar-refractivity contribution in [1.82, 2.24) is 9.55 Å². The summed E-state index contributed by atoms with van der Waals surface area (Å²) in [5.74, 6) is 0. The monoisotopic (exact) mass is 608 g/mol. The summed E-state index contributed by atoms with van der Waals surface area (Å²) in [4.78, 5) is 26.8. The number of hydrogen-bond acceptors (Lipinski definition) is 10. The number of fused-ring (bicyclic) bond motifs is 1. The molecule has 0 amide bonds. The average Bonchev–Trinajstić information content (AvgIpc) is 3.03. The maximum Gasteiger partial charge on any atom is 0.335 e. The Morgan fingerprint density at radius 3 is 2.13 bits per heavy atom. The first-order valence-corrected chi connectivity index (χ1v) is 19.2. The summed E-state index contributed by atoms with van der Waals surface area (Å²) >= 11 is 0. The van der Waals surface area contributed by atoms with Crippen LogP contribution in [0.25, 0.3) is 0 Å². The number of nitrogens with zero attached hydrogens (tertiary/aromatic N) is 1. The number of ether oxygens (including phenoxy) is 1.